The second kappa shape index (κ2) is 7.53. The molecule has 2 rings (SSSR count). The summed E-state index contributed by atoms with van der Waals surface area (Å²) in [6, 6.07) is 5.20. The number of benzene rings is 1. The minimum absolute atomic E-state index is 0.332. The minimum atomic E-state index is -0.332. The number of methoxy groups -OCH3 is 1. The monoisotopic (exact) mass is 295 g/mol. The van der Waals surface area contributed by atoms with Crippen molar-refractivity contribution in [1.82, 2.24) is 0 Å². The summed E-state index contributed by atoms with van der Waals surface area (Å²) in [6.45, 7) is 0.870. The van der Waals surface area contributed by atoms with Gasteiger partial charge in [0.05, 0.1) is 18.4 Å². The second-order valence-corrected chi connectivity index (χ2v) is 5.84. The van der Waals surface area contributed by atoms with Crippen LogP contribution >= 0.6 is 11.6 Å². The van der Waals surface area contributed by atoms with Crippen molar-refractivity contribution in [2.75, 3.05) is 19.0 Å². The zero-order valence-electron chi connectivity index (χ0n) is 12.0. The van der Waals surface area contributed by atoms with E-state index in [9.17, 15) is 4.79 Å². The van der Waals surface area contributed by atoms with Crippen LogP contribution in [0.2, 0.25) is 5.02 Å². The summed E-state index contributed by atoms with van der Waals surface area (Å²) in [6.07, 6.45) is 7.91. The lowest BCUT2D eigenvalue weighted by Crippen LogP contribution is -2.14. The van der Waals surface area contributed by atoms with E-state index in [4.69, 9.17) is 16.3 Å². The van der Waals surface area contributed by atoms with Crippen LogP contribution in [0, 0.1) is 5.92 Å². The number of rotatable bonds is 5. The molecule has 0 aliphatic heterocycles. The maximum atomic E-state index is 11.7. The van der Waals surface area contributed by atoms with Gasteiger partial charge in [-0.05, 0) is 30.5 Å². The predicted molar refractivity (Wildman–Crippen MR) is 82.5 cm³/mol. The Morgan fingerprint density at radius 2 is 2.10 bits per heavy atom. The highest BCUT2D eigenvalue weighted by Crippen LogP contribution is 2.27. The van der Waals surface area contributed by atoms with E-state index in [1.165, 1.54) is 39.2 Å². The number of carbonyl (C=O) groups is 1. The van der Waals surface area contributed by atoms with Crippen LogP contribution in [0.15, 0.2) is 18.2 Å². The van der Waals surface area contributed by atoms with E-state index in [1.807, 2.05) is 0 Å². The topological polar surface area (TPSA) is 38.3 Å². The summed E-state index contributed by atoms with van der Waals surface area (Å²) in [5.41, 5.74) is 1.31. The number of hydrogen-bond donors (Lipinski definition) is 1. The molecule has 1 fully saturated rings. The van der Waals surface area contributed by atoms with Gasteiger partial charge in [-0.3, -0.25) is 0 Å². The van der Waals surface area contributed by atoms with E-state index in [-0.39, 0.29) is 5.97 Å². The van der Waals surface area contributed by atoms with Gasteiger partial charge in [0.2, 0.25) is 0 Å². The van der Waals surface area contributed by atoms with Crippen molar-refractivity contribution in [3.8, 4) is 0 Å². The molecule has 0 bridgehead atoms. The summed E-state index contributed by atoms with van der Waals surface area (Å²) in [7, 11) is 1.39. The third kappa shape index (κ3) is 4.14. The maximum absolute atomic E-state index is 11.7. The standard InChI is InChI=1S/C16H22ClNO2/c1-20-16(19)14-8-7-13(17)11-15(14)18-10-9-12-5-3-2-4-6-12/h7-8,11-12,18H,2-6,9-10H2,1H3. The molecule has 0 heterocycles. The molecular weight excluding hydrogens is 274 g/mol. The molecule has 0 atom stereocenters. The molecule has 110 valence electrons. The quantitative estimate of drug-likeness (QED) is 0.812. The fourth-order valence-corrected chi connectivity index (χ4v) is 3.01. The first-order valence-electron chi connectivity index (χ1n) is 7.32. The summed E-state index contributed by atoms with van der Waals surface area (Å²) in [5, 5.41) is 3.95. The minimum Gasteiger partial charge on any atom is -0.465 e. The molecular formula is C16H22ClNO2. The largest absolute Gasteiger partial charge is 0.465 e. The van der Waals surface area contributed by atoms with Crippen LogP contribution in [-0.4, -0.2) is 19.6 Å². The van der Waals surface area contributed by atoms with Crippen molar-refractivity contribution >= 4 is 23.3 Å². The first-order valence-corrected chi connectivity index (χ1v) is 7.70. The van der Waals surface area contributed by atoms with Crippen LogP contribution < -0.4 is 5.32 Å². The van der Waals surface area contributed by atoms with Crippen LogP contribution in [0.25, 0.3) is 0 Å². The Kier molecular flexibility index (Phi) is 5.72. The molecule has 1 saturated carbocycles. The van der Waals surface area contributed by atoms with Gasteiger partial charge in [-0.25, -0.2) is 4.79 Å². The highest BCUT2D eigenvalue weighted by molar-refractivity contribution is 6.31. The lowest BCUT2D eigenvalue weighted by Gasteiger charge is -2.22. The Bertz CT molecular complexity index is 456. The molecule has 0 aromatic heterocycles. The number of esters is 1. The van der Waals surface area contributed by atoms with Crippen LogP contribution in [-0.2, 0) is 4.74 Å². The van der Waals surface area contributed by atoms with Crippen molar-refractivity contribution in [3.63, 3.8) is 0 Å². The van der Waals surface area contributed by atoms with Gasteiger partial charge in [-0.2, -0.15) is 0 Å². The molecule has 1 aromatic carbocycles. The SMILES string of the molecule is COC(=O)c1ccc(Cl)cc1NCCC1CCCCC1. The first-order chi connectivity index (χ1) is 9.70. The van der Waals surface area contributed by atoms with Crippen LogP contribution in [0.5, 0.6) is 0 Å². The molecule has 1 aromatic rings. The third-order valence-electron chi connectivity index (χ3n) is 3.98. The molecule has 4 heteroatoms. The Balaban J connectivity index is 1.93. The highest BCUT2D eigenvalue weighted by Gasteiger charge is 2.15. The molecule has 0 radical (unpaired) electrons. The number of carbonyl (C=O) groups excluding carboxylic acids is 1. The molecule has 0 amide bonds. The van der Waals surface area contributed by atoms with Gasteiger partial charge in [-0.15, -0.1) is 0 Å². The van der Waals surface area contributed by atoms with Gasteiger partial charge in [0.1, 0.15) is 0 Å². The van der Waals surface area contributed by atoms with Gasteiger partial charge < -0.3 is 10.1 Å². The van der Waals surface area contributed by atoms with Gasteiger partial charge >= 0.3 is 5.97 Å². The summed E-state index contributed by atoms with van der Waals surface area (Å²) < 4.78 is 4.79. The fourth-order valence-electron chi connectivity index (χ4n) is 2.84. The van der Waals surface area contributed by atoms with Crippen LogP contribution in [0.3, 0.4) is 0 Å². The zero-order chi connectivity index (χ0) is 14.4. The molecule has 0 spiro atoms. The summed E-state index contributed by atoms with van der Waals surface area (Å²) in [4.78, 5) is 11.7. The van der Waals surface area contributed by atoms with Gasteiger partial charge in [0, 0.05) is 11.6 Å². The summed E-state index contributed by atoms with van der Waals surface area (Å²) >= 11 is 6.00. The van der Waals surface area contributed by atoms with Crippen molar-refractivity contribution in [3.05, 3.63) is 28.8 Å². The number of anilines is 1. The molecule has 0 saturated heterocycles. The smallest absolute Gasteiger partial charge is 0.339 e. The Labute approximate surface area is 125 Å². The van der Waals surface area contributed by atoms with E-state index in [0.717, 1.165) is 24.6 Å². The second-order valence-electron chi connectivity index (χ2n) is 5.40. The normalized spacial score (nSPS) is 15.9. The third-order valence-corrected chi connectivity index (χ3v) is 4.21. The fraction of sp³-hybridized carbons (Fsp3) is 0.562. The Morgan fingerprint density at radius 3 is 2.80 bits per heavy atom. The number of ether oxygens (including phenoxy) is 1. The van der Waals surface area contributed by atoms with E-state index in [2.05, 4.69) is 5.32 Å². The number of hydrogen-bond acceptors (Lipinski definition) is 3. The van der Waals surface area contributed by atoms with Crippen molar-refractivity contribution < 1.29 is 9.53 Å². The molecule has 0 unspecified atom stereocenters. The summed E-state index contributed by atoms with van der Waals surface area (Å²) in [5.74, 6) is 0.485. The Morgan fingerprint density at radius 1 is 1.35 bits per heavy atom. The van der Waals surface area contributed by atoms with Crippen LogP contribution in [0.4, 0.5) is 5.69 Å². The van der Waals surface area contributed by atoms with E-state index in [0.29, 0.717) is 10.6 Å². The van der Waals surface area contributed by atoms with E-state index in [1.54, 1.807) is 18.2 Å². The lowest BCUT2D eigenvalue weighted by molar-refractivity contribution is 0.0602. The Hall–Kier alpha value is -1.22. The van der Waals surface area contributed by atoms with Gasteiger partial charge in [0.15, 0.2) is 0 Å². The lowest BCUT2D eigenvalue weighted by atomic mass is 9.87. The van der Waals surface area contributed by atoms with Crippen LogP contribution in [0.1, 0.15) is 48.9 Å². The zero-order valence-corrected chi connectivity index (χ0v) is 12.7. The maximum Gasteiger partial charge on any atom is 0.339 e. The number of halogens is 1. The highest BCUT2D eigenvalue weighted by atomic mass is 35.5. The van der Waals surface area contributed by atoms with E-state index >= 15 is 0 Å². The molecule has 1 aliphatic carbocycles. The molecule has 20 heavy (non-hydrogen) atoms. The van der Waals surface area contributed by atoms with Crippen molar-refractivity contribution in [2.24, 2.45) is 5.92 Å². The predicted octanol–water partition coefficient (Wildman–Crippen LogP) is 4.51. The molecule has 1 N–H and O–H groups in total. The van der Waals surface area contributed by atoms with E-state index < -0.39 is 0 Å². The van der Waals surface area contributed by atoms with Gasteiger partial charge in [-0.1, -0.05) is 43.7 Å². The van der Waals surface area contributed by atoms with Gasteiger partial charge in [0.25, 0.3) is 0 Å². The average molecular weight is 296 g/mol. The van der Waals surface area contributed by atoms with Crippen molar-refractivity contribution in [2.45, 2.75) is 38.5 Å². The molecule has 3 nitrogen and oxygen atoms in total. The first kappa shape index (κ1) is 15.2. The number of nitrogens with one attached hydrogen (secondary N) is 1. The van der Waals surface area contributed by atoms with Crippen molar-refractivity contribution in [1.29, 1.82) is 0 Å². The molecule has 1 aliphatic rings. The average Bonchev–Trinajstić information content (AvgIpc) is 2.48.